The van der Waals surface area contributed by atoms with Gasteiger partial charge in [0.2, 0.25) is 0 Å². The molecule has 0 radical (unpaired) electrons. The Labute approximate surface area is 265 Å². The van der Waals surface area contributed by atoms with Gasteiger partial charge in [-0.05, 0) is 124 Å². The number of hydrogen-bond acceptors (Lipinski definition) is 8. The maximum atomic E-state index is 12.2. The third-order valence-corrected chi connectivity index (χ3v) is 14.6. The Kier molecular flexibility index (Phi) is 9.35. The van der Waals surface area contributed by atoms with Crippen molar-refractivity contribution in [3.63, 3.8) is 0 Å². The van der Waals surface area contributed by atoms with E-state index in [0.29, 0.717) is 18.3 Å². The van der Waals surface area contributed by atoms with Crippen molar-refractivity contribution in [1.29, 1.82) is 0 Å². The zero-order valence-corrected chi connectivity index (χ0v) is 28.5. The number of ether oxygens (including phenoxy) is 2. The highest BCUT2D eigenvalue weighted by atomic mass is 16.7. The molecule has 1 aliphatic heterocycles. The van der Waals surface area contributed by atoms with E-state index in [0.717, 1.165) is 51.4 Å². The van der Waals surface area contributed by atoms with Crippen LogP contribution in [0.15, 0.2) is 11.6 Å². The Hall–Kier alpha value is -0.580. The van der Waals surface area contributed by atoms with Crippen LogP contribution in [0.4, 0.5) is 0 Å². The van der Waals surface area contributed by atoms with Crippen molar-refractivity contribution in [3.05, 3.63) is 11.6 Å². The number of hydrogen-bond donors (Lipinski definition) is 6. The van der Waals surface area contributed by atoms with E-state index in [9.17, 15) is 30.6 Å². The largest absolute Gasteiger partial charge is 0.394 e. The van der Waals surface area contributed by atoms with Gasteiger partial charge in [-0.1, -0.05) is 46.3 Å². The molecule has 8 heteroatoms. The highest BCUT2D eigenvalue weighted by Gasteiger charge is 2.71. The summed E-state index contributed by atoms with van der Waals surface area (Å²) in [6.07, 6.45) is 2.60. The molecule has 4 saturated carbocycles. The molecule has 5 rings (SSSR count). The monoisotopic (exact) mass is 622 g/mol. The zero-order chi connectivity index (χ0) is 32.6. The summed E-state index contributed by atoms with van der Waals surface area (Å²) in [5.74, 6) is 0.713. The molecule has 1 saturated heterocycles. The number of rotatable bonds is 7. The minimum atomic E-state index is -1.50. The molecule has 0 unspecified atom stereocenters. The Bertz CT molecular complexity index is 1070. The van der Waals surface area contributed by atoms with Gasteiger partial charge in [-0.15, -0.1) is 0 Å². The van der Waals surface area contributed by atoms with Crippen LogP contribution >= 0.6 is 0 Å². The van der Waals surface area contributed by atoms with Gasteiger partial charge in [0, 0.05) is 0 Å². The summed E-state index contributed by atoms with van der Waals surface area (Å²) in [4.78, 5) is 0. The summed E-state index contributed by atoms with van der Waals surface area (Å²) >= 11 is 0. The van der Waals surface area contributed by atoms with E-state index in [1.807, 2.05) is 0 Å². The van der Waals surface area contributed by atoms with Crippen molar-refractivity contribution in [2.45, 2.75) is 162 Å². The summed E-state index contributed by atoms with van der Waals surface area (Å²) < 4.78 is 12.6. The lowest BCUT2D eigenvalue weighted by Crippen LogP contribution is -2.67. The van der Waals surface area contributed by atoms with Gasteiger partial charge in [-0.25, -0.2) is 0 Å². The van der Waals surface area contributed by atoms with Crippen LogP contribution in [0.25, 0.3) is 0 Å². The van der Waals surface area contributed by atoms with Gasteiger partial charge in [-0.2, -0.15) is 0 Å². The molecule has 5 fully saturated rings. The van der Waals surface area contributed by atoms with Crippen LogP contribution in [-0.2, 0) is 9.47 Å². The topological polar surface area (TPSA) is 140 Å². The molecule has 1 heterocycles. The predicted molar refractivity (Wildman–Crippen MR) is 168 cm³/mol. The Morgan fingerprint density at radius 2 is 1.52 bits per heavy atom. The van der Waals surface area contributed by atoms with E-state index in [1.165, 1.54) is 5.57 Å². The second-order valence-corrected chi connectivity index (χ2v) is 17.3. The number of fused-ring (bicyclic) bond motifs is 5. The molecule has 254 valence electrons. The van der Waals surface area contributed by atoms with E-state index in [2.05, 4.69) is 61.5 Å². The highest BCUT2D eigenvalue weighted by molar-refractivity contribution is 5.20. The molecule has 4 aliphatic carbocycles. The van der Waals surface area contributed by atoms with Crippen molar-refractivity contribution in [2.75, 3.05) is 6.61 Å². The molecule has 6 N–H and O–H groups in total. The smallest absolute Gasteiger partial charge is 0.187 e. The minimum Gasteiger partial charge on any atom is -0.394 e. The second-order valence-electron chi connectivity index (χ2n) is 17.3. The third kappa shape index (κ3) is 5.17. The van der Waals surface area contributed by atoms with Crippen molar-refractivity contribution in [3.8, 4) is 0 Å². The second kappa shape index (κ2) is 11.8. The lowest BCUT2D eigenvalue weighted by atomic mass is 9.35. The van der Waals surface area contributed by atoms with Crippen LogP contribution in [0.1, 0.15) is 113 Å². The van der Waals surface area contributed by atoms with Crippen LogP contribution in [-0.4, -0.2) is 85.8 Å². The van der Waals surface area contributed by atoms with Gasteiger partial charge < -0.3 is 40.1 Å². The third-order valence-electron chi connectivity index (χ3n) is 14.6. The first-order valence-electron chi connectivity index (χ1n) is 17.3. The van der Waals surface area contributed by atoms with Gasteiger partial charge in [0.05, 0.1) is 24.4 Å². The van der Waals surface area contributed by atoms with Crippen molar-refractivity contribution >= 4 is 0 Å². The number of aliphatic hydroxyl groups excluding tert-OH is 6. The first-order chi connectivity index (χ1) is 20.4. The van der Waals surface area contributed by atoms with Crippen LogP contribution in [0, 0.1) is 45.3 Å². The fraction of sp³-hybridized carbons (Fsp3) is 0.944. The van der Waals surface area contributed by atoms with Gasteiger partial charge in [0.25, 0.3) is 0 Å². The Morgan fingerprint density at radius 3 is 2.16 bits per heavy atom. The lowest BCUT2D eigenvalue weighted by molar-refractivity contribution is -0.336. The predicted octanol–water partition coefficient (Wildman–Crippen LogP) is 4.32. The molecule has 0 aromatic carbocycles. The van der Waals surface area contributed by atoms with Crippen molar-refractivity contribution in [2.24, 2.45) is 45.3 Å². The van der Waals surface area contributed by atoms with Crippen molar-refractivity contribution in [1.82, 2.24) is 0 Å². The summed E-state index contributed by atoms with van der Waals surface area (Å²) in [6, 6.07) is 0. The molecule has 0 aromatic heterocycles. The fourth-order valence-corrected chi connectivity index (χ4v) is 11.8. The van der Waals surface area contributed by atoms with Gasteiger partial charge in [0.1, 0.15) is 24.4 Å². The van der Waals surface area contributed by atoms with E-state index in [4.69, 9.17) is 9.47 Å². The summed E-state index contributed by atoms with van der Waals surface area (Å²) in [5, 5.41) is 65.0. The quantitative estimate of drug-likeness (QED) is 0.231. The molecule has 0 aromatic rings. The van der Waals surface area contributed by atoms with E-state index >= 15 is 0 Å². The van der Waals surface area contributed by atoms with Crippen LogP contribution in [0.2, 0.25) is 0 Å². The Morgan fingerprint density at radius 1 is 0.864 bits per heavy atom. The molecule has 5 aliphatic rings. The lowest BCUT2D eigenvalue weighted by Gasteiger charge is -2.70. The fourth-order valence-electron chi connectivity index (χ4n) is 11.8. The van der Waals surface area contributed by atoms with Gasteiger partial charge in [0.15, 0.2) is 6.29 Å². The molecule has 0 amide bonds. The van der Waals surface area contributed by atoms with Gasteiger partial charge >= 0.3 is 0 Å². The minimum absolute atomic E-state index is 0.0131. The standard InChI is InChI=1S/C36H62O8/c1-20(2)10-9-14-36(8,44-31-30(42)29(41)28(40)23(19-37)43-31)21-11-16-35(7)27(21)22(38)18-25-33(5)15-13-26(39)32(3,4)24(33)12-17-34(25,35)6/h10,21-31,37-42H,9,11-19H2,1-8H3/t21-,22+,23+,24-,25+,26-,27-,28+,29-,30+,31-,33-,34+,35+,36+/m0/s1. The highest BCUT2D eigenvalue weighted by Crippen LogP contribution is 2.76. The summed E-state index contributed by atoms with van der Waals surface area (Å²) in [6.45, 7) is 17.5. The molecule has 15 atom stereocenters. The average molecular weight is 623 g/mol. The van der Waals surface area contributed by atoms with Crippen LogP contribution in [0.5, 0.6) is 0 Å². The molecule has 0 spiro atoms. The number of aliphatic hydroxyl groups is 6. The molecule has 44 heavy (non-hydrogen) atoms. The average Bonchev–Trinajstić information content (AvgIpc) is 3.33. The first-order valence-corrected chi connectivity index (χ1v) is 17.3. The maximum Gasteiger partial charge on any atom is 0.187 e. The van der Waals surface area contributed by atoms with E-state index < -0.39 is 49.0 Å². The first kappa shape index (κ1) is 34.7. The van der Waals surface area contributed by atoms with E-state index in [1.54, 1.807) is 0 Å². The Balaban J connectivity index is 1.49. The summed E-state index contributed by atoms with van der Waals surface area (Å²) in [7, 11) is 0. The molecule has 0 bridgehead atoms. The van der Waals surface area contributed by atoms with Crippen molar-refractivity contribution < 1.29 is 40.1 Å². The SMILES string of the molecule is CC(C)=CCC[C@@](C)(O[C@@H]1O[C@H](CO)[C@@H](O)[C@H](O)[C@H]1O)[C@H]1CC[C@]2(C)[C@@H]1[C@H](O)C[C@@H]1[C@@]3(C)CC[C@H](O)C(C)(C)[C@@H]3CC[C@]12C. The summed E-state index contributed by atoms with van der Waals surface area (Å²) in [5.41, 5.74) is 0.171. The number of allylic oxidation sites excluding steroid dienone is 2. The van der Waals surface area contributed by atoms with E-state index in [-0.39, 0.29) is 39.6 Å². The van der Waals surface area contributed by atoms with Crippen LogP contribution in [0.3, 0.4) is 0 Å². The maximum absolute atomic E-state index is 12.2. The molecule has 8 nitrogen and oxygen atoms in total. The zero-order valence-electron chi connectivity index (χ0n) is 28.5. The van der Waals surface area contributed by atoms with Gasteiger partial charge in [-0.3, -0.25) is 0 Å². The molecular formula is C36H62O8. The molecular weight excluding hydrogens is 560 g/mol. The normalized spacial score (nSPS) is 51.5. The van der Waals surface area contributed by atoms with Crippen LogP contribution < -0.4 is 0 Å².